The van der Waals surface area contributed by atoms with E-state index in [4.69, 9.17) is 0 Å². The van der Waals surface area contributed by atoms with Crippen molar-refractivity contribution in [3.63, 3.8) is 0 Å². The van der Waals surface area contributed by atoms with Gasteiger partial charge in [-0.1, -0.05) is 19.3 Å². The fourth-order valence-electron chi connectivity index (χ4n) is 3.24. The Kier molecular flexibility index (Phi) is 3.90. The summed E-state index contributed by atoms with van der Waals surface area (Å²) in [4.78, 5) is 25.7. The SMILES string of the molecule is O=C(O)C1(C(=O)N2CCCC2CO)CCCCC1. The van der Waals surface area contributed by atoms with E-state index in [-0.39, 0.29) is 18.6 Å². The van der Waals surface area contributed by atoms with E-state index in [0.717, 1.165) is 32.1 Å². The second-order valence-electron chi connectivity index (χ2n) is 5.43. The van der Waals surface area contributed by atoms with Gasteiger partial charge in [0.2, 0.25) is 5.91 Å². The maximum absolute atomic E-state index is 12.6. The Labute approximate surface area is 107 Å². The van der Waals surface area contributed by atoms with Crippen molar-refractivity contribution in [1.29, 1.82) is 0 Å². The molecule has 102 valence electrons. The largest absolute Gasteiger partial charge is 0.480 e. The van der Waals surface area contributed by atoms with Crippen molar-refractivity contribution in [2.75, 3.05) is 13.2 Å². The Morgan fingerprint density at radius 2 is 1.83 bits per heavy atom. The van der Waals surface area contributed by atoms with E-state index in [2.05, 4.69) is 0 Å². The molecule has 0 bridgehead atoms. The van der Waals surface area contributed by atoms with E-state index in [9.17, 15) is 19.8 Å². The summed E-state index contributed by atoms with van der Waals surface area (Å²) in [6.45, 7) is 0.514. The zero-order valence-corrected chi connectivity index (χ0v) is 10.6. The fraction of sp³-hybridized carbons (Fsp3) is 0.846. The molecule has 0 aromatic carbocycles. The molecule has 1 saturated carbocycles. The molecule has 0 aromatic rings. The number of hydrogen-bond donors (Lipinski definition) is 2. The average molecular weight is 255 g/mol. The predicted octanol–water partition coefficient (Wildman–Crippen LogP) is 1.00. The van der Waals surface area contributed by atoms with E-state index in [1.807, 2.05) is 0 Å². The quantitative estimate of drug-likeness (QED) is 0.738. The number of amides is 1. The van der Waals surface area contributed by atoms with Gasteiger partial charge in [0.15, 0.2) is 0 Å². The fourth-order valence-corrected chi connectivity index (χ4v) is 3.24. The summed E-state index contributed by atoms with van der Waals surface area (Å²) < 4.78 is 0. The third-order valence-corrected chi connectivity index (χ3v) is 4.37. The maximum atomic E-state index is 12.6. The number of carboxylic acid groups (broad SMARTS) is 1. The van der Waals surface area contributed by atoms with E-state index < -0.39 is 11.4 Å². The lowest BCUT2D eigenvalue weighted by molar-refractivity contribution is -0.164. The molecule has 2 rings (SSSR count). The lowest BCUT2D eigenvalue weighted by Gasteiger charge is -2.37. The van der Waals surface area contributed by atoms with E-state index in [0.29, 0.717) is 19.4 Å². The molecule has 5 nitrogen and oxygen atoms in total. The number of aliphatic hydroxyl groups excluding tert-OH is 1. The van der Waals surface area contributed by atoms with Crippen LogP contribution in [0.15, 0.2) is 0 Å². The van der Waals surface area contributed by atoms with Gasteiger partial charge in [0.05, 0.1) is 12.6 Å². The smallest absolute Gasteiger partial charge is 0.319 e. The molecule has 1 unspecified atom stereocenters. The normalized spacial score (nSPS) is 27.2. The van der Waals surface area contributed by atoms with Gasteiger partial charge in [0.1, 0.15) is 5.41 Å². The molecule has 18 heavy (non-hydrogen) atoms. The van der Waals surface area contributed by atoms with Gasteiger partial charge in [-0.3, -0.25) is 9.59 Å². The Morgan fingerprint density at radius 3 is 2.39 bits per heavy atom. The lowest BCUT2D eigenvalue weighted by Crippen LogP contribution is -2.51. The first-order chi connectivity index (χ1) is 8.62. The number of carbonyl (C=O) groups is 2. The van der Waals surface area contributed by atoms with Gasteiger partial charge in [-0.15, -0.1) is 0 Å². The summed E-state index contributed by atoms with van der Waals surface area (Å²) in [7, 11) is 0. The summed E-state index contributed by atoms with van der Waals surface area (Å²) in [5.41, 5.74) is -1.23. The number of hydrogen-bond acceptors (Lipinski definition) is 3. The summed E-state index contributed by atoms with van der Waals surface area (Å²) in [5.74, 6) is -1.26. The molecule has 1 heterocycles. The van der Waals surface area contributed by atoms with E-state index in [1.165, 1.54) is 0 Å². The molecule has 0 aromatic heterocycles. The van der Waals surface area contributed by atoms with Gasteiger partial charge in [0.25, 0.3) is 0 Å². The van der Waals surface area contributed by atoms with Crippen LogP contribution in [0.5, 0.6) is 0 Å². The molecule has 1 aliphatic carbocycles. The van der Waals surface area contributed by atoms with E-state index >= 15 is 0 Å². The van der Waals surface area contributed by atoms with Crippen LogP contribution < -0.4 is 0 Å². The monoisotopic (exact) mass is 255 g/mol. The third kappa shape index (κ3) is 2.11. The molecule has 0 radical (unpaired) electrons. The second kappa shape index (κ2) is 5.26. The zero-order valence-electron chi connectivity index (χ0n) is 10.6. The molecular formula is C13H21NO4. The van der Waals surface area contributed by atoms with Crippen LogP contribution in [0.25, 0.3) is 0 Å². The van der Waals surface area contributed by atoms with Gasteiger partial charge in [-0.25, -0.2) is 0 Å². The van der Waals surface area contributed by atoms with Crippen molar-refractivity contribution in [2.24, 2.45) is 5.41 Å². The van der Waals surface area contributed by atoms with Crippen molar-refractivity contribution >= 4 is 11.9 Å². The van der Waals surface area contributed by atoms with Crippen molar-refractivity contribution in [3.8, 4) is 0 Å². The molecule has 2 aliphatic rings. The van der Waals surface area contributed by atoms with Crippen LogP contribution in [-0.4, -0.2) is 46.2 Å². The van der Waals surface area contributed by atoms with Gasteiger partial charge < -0.3 is 15.1 Å². The predicted molar refractivity (Wildman–Crippen MR) is 65.0 cm³/mol. The van der Waals surface area contributed by atoms with Crippen LogP contribution in [0.2, 0.25) is 0 Å². The number of aliphatic carboxylic acids is 1. The molecule has 1 atom stereocenters. The highest BCUT2D eigenvalue weighted by Gasteiger charge is 2.50. The van der Waals surface area contributed by atoms with E-state index in [1.54, 1.807) is 4.90 Å². The first kappa shape index (κ1) is 13.3. The minimum atomic E-state index is -1.23. The number of likely N-dealkylation sites (tertiary alicyclic amines) is 1. The zero-order chi connectivity index (χ0) is 13.2. The third-order valence-electron chi connectivity index (χ3n) is 4.37. The minimum Gasteiger partial charge on any atom is -0.480 e. The van der Waals surface area contributed by atoms with Crippen LogP contribution in [0.3, 0.4) is 0 Å². The molecule has 2 fully saturated rings. The average Bonchev–Trinajstić information content (AvgIpc) is 2.86. The summed E-state index contributed by atoms with van der Waals surface area (Å²) in [6.07, 6.45) is 5.12. The van der Waals surface area contributed by atoms with Crippen LogP contribution in [0.4, 0.5) is 0 Å². The van der Waals surface area contributed by atoms with Gasteiger partial charge >= 0.3 is 5.97 Å². The number of nitrogens with zero attached hydrogens (tertiary/aromatic N) is 1. The molecule has 0 spiro atoms. The molecule has 1 saturated heterocycles. The van der Waals surface area contributed by atoms with Crippen LogP contribution >= 0.6 is 0 Å². The number of rotatable bonds is 3. The van der Waals surface area contributed by atoms with Crippen LogP contribution in [-0.2, 0) is 9.59 Å². The number of aliphatic hydroxyl groups is 1. The molecule has 2 N–H and O–H groups in total. The standard InChI is InChI=1S/C13H21NO4/c15-9-10-5-4-8-14(10)11(16)13(12(17)18)6-2-1-3-7-13/h10,15H,1-9H2,(H,17,18). The number of carboxylic acids is 1. The Bertz CT molecular complexity index is 336. The molecular weight excluding hydrogens is 234 g/mol. The van der Waals surface area contributed by atoms with Crippen molar-refractivity contribution in [1.82, 2.24) is 4.90 Å². The topological polar surface area (TPSA) is 77.8 Å². The Balaban J connectivity index is 2.20. The van der Waals surface area contributed by atoms with Gasteiger partial charge in [0, 0.05) is 6.54 Å². The second-order valence-corrected chi connectivity index (χ2v) is 5.43. The highest BCUT2D eigenvalue weighted by atomic mass is 16.4. The molecule has 5 heteroatoms. The van der Waals surface area contributed by atoms with Crippen molar-refractivity contribution in [2.45, 2.75) is 51.0 Å². The molecule has 1 amide bonds. The lowest BCUT2D eigenvalue weighted by atomic mass is 9.73. The molecule has 1 aliphatic heterocycles. The first-order valence-corrected chi connectivity index (χ1v) is 6.77. The van der Waals surface area contributed by atoms with Crippen molar-refractivity contribution < 1.29 is 19.8 Å². The Morgan fingerprint density at radius 1 is 1.17 bits per heavy atom. The first-order valence-electron chi connectivity index (χ1n) is 6.77. The highest BCUT2D eigenvalue weighted by molar-refractivity contribution is 6.02. The van der Waals surface area contributed by atoms with Crippen LogP contribution in [0, 0.1) is 5.41 Å². The minimum absolute atomic E-state index is 0.0680. The summed E-state index contributed by atoms with van der Waals surface area (Å²) in [6, 6.07) is -0.185. The summed E-state index contributed by atoms with van der Waals surface area (Å²) >= 11 is 0. The number of carbonyl (C=O) groups excluding carboxylic acids is 1. The van der Waals surface area contributed by atoms with Gasteiger partial charge in [-0.05, 0) is 25.7 Å². The van der Waals surface area contributed by atoms with Crippen LogP contribution in [0.1, 0.15) is 44.9 Å². The van der Waals surface area contributed by atoms with Gasteiger partial charge in [-0.2, -0.15) is 0 Å². The Hall–Kier alpha value is -1.10. The van der Waals surface area contributed by atoms with Crippen molar-refractivity contribution in [3.05, 3.63) is 0 Å². The summed E-state index contributed by atoms with van der Waals surface area (Å²) in [5, 5.41) is 18.7. The highest BCUT2D eigenvalue weighted by Crippen LogP contribution is 2.39. The maximum Gasteiger partial charge on any atom is 0.319 e.